The maximum atomic E-state index is 10.9. The molecule has 0 atom stereocenters. The van der Waals surface area contributed by atoms with Gasteiger partial charge in [-0.2, -0.15) is 0 Å². The molecular formula is C16H14N4O2. The molecule has 0 fully saturated rings. The predicted molar refractivity (Wildman–Crippen MR) is 85.4 cm³/mol. The van der Waals surface area contributed by atoms with Gasteiger partial charge in [0.1, 0.15) is 12.1 Å². The van der Waals surface area contributed by atoms with E-state index in [9.17, 15) is 10.1 Å². The molecular weight excluding hydrogens is 280 g/mol. The van der Waals surface area contributed by atoms with Crippen LogP contribution in [0.3, 0.4) is 0 Å². The van der Waals surface area contributed by atoms with Crippen LogP contribution in [0.15, 0.2) is 42.7 Å². The fourth-order valence-corrected chi connectivity index (χ4v) is 2.44. The second-order valence-electron chi connectivity index (χ2n) is 5.18. The Morgan fingerprint density at radius 3 is 2.45 bits per heavy atom. The van der Waals surface area contributed by atoms with E-state index in [0.717, 1.165) is 16.8 Å². The molecule has 1 N–H and O–H groups in total. The molecule has 0 spiro atoms. The lowest BCUT2D eigenvalue weighted by molar-refractivity contribution is -0.384. The average Bonchev–Trinajstić information content (AvgIpc) is 2.46. The van der Waals surface area contributed by atoms with Gasteiger partial charge < -0.3 is 5.32 Å². The molecule has 0 radical (unpaired) electrons. The lowest BCUT2D eigenvalue weighted by Gasteiger charge is -2.10. The molecule has 6 heteroatoms. The summed E-state index contributed by atoms with van der Waals surface area (Å²) in [5.41, 5.74) is 3.83. The maximum Gasteiger partial charge on any atom is 0.270 e. The van der Waals surface area contributed by atoms with Gasteiger partial charge in [0, 0.05) is 23.2 Å². The molecule has 0 saturated carbocycles. The summed E-state index contributed by atoms with van der Waals surface area (Å²) >= 11 is 0. The molecule has 0 amide bonds. The van der Waals surface area contributed by atoms with Crippen LogP contribution in [0.2, 0.25) is 0 Å². The second kappa shape index (κ2) is 5.40. The van der Waals surface area contributed by atoms with Gasteiger partial charge in [-0.25, -0.2) is 9.97 Å². The highest BCUT2D eigenvalue weighted by Gasteiger charge is 2.11. The third kappa shape index (κ3) is 2.71. The number of nitrogens with zero attached hydrogens (tertiary/aromatic N) is 3. The Bertz CT molecular complexity index is 857. The topological polar surface area (TPSA) is 81.0 Å². The third-order valence-corrected chi connectivity index (χ3v) is 3.31. The zero-order valence-electron chi connectivity index (χ0n) is 12.2. The van der Waals surface area contributed by atoms with E-state index >= 15 is 0 Å². The molecule has 0 saturated heterocycles. The standard InChI is InChI=1S/C16H14N4O2/c1-10-5-11(2)7-12(6-10)19-16-14-8-13(20(21)22)3-4-15(14)17-9-18-16/h3-9H,1-2H3,(H,17,18,19). The number of fused-ring (bicyclic) bond motifs is 1. The number of non-ortho nitro benzene ring substituents is 1. The quantitative estimate of drug-likeness (QED) is 0.585. The van der Waals surface area contributed by atoms with Crippen molar-refractivity contribution in [2.75, 3.05) is 5.32 Å². The summed E-state index contributed by atoms with van der Waals surface area (Å²) in [5.74, 6) is 0.554. The highest BCUT2D eigenvalue weighted by Crippen LogP contribution is 2.27. The molecule has 0 aliphatic carbocycles. The van der Waals surface area contributed by atoms with Gasteiger partial charge in [-0.3, -0.25) is 10.1 Å². The maximum absolute atomic E-state index is 10.9. The first-order chi connectivity index (χ1) is 10.5. The molecule has 1 heterocycles. The van der Waals surface area contributed by atoms with Gasteiger partial charge in [0.15, 0.2) is 0 Å². The first-order valence-corrected chi connectivity index (χ1v) is 6.77. The van der Waals surface area contributed by atoms with Gasteiger partial charge in [-0.15, -0.1) is 0 Å². The summed E-state index contributed by atoms with van der Waals surface area (Å²) in [6, 6.07) is 10.6. The lowest BCUT2D eigenvalue weighted by atomic mass is 10.1. The SMILES string of the molecule is Cc1cc(C)cc(Nc2ncnc3ccc([N+](=O)[O-])cc23)c1. The summed E-state index contributed by atoms with van der Waals surface area (Å²) in [5, 5.41) is 14.8. The monoisotopic (exact) mass is 294 g/mol. The summed E-state index contributed by atoms with van der Waals surface area (Å²) in [4.78, 5) is 18.9. The predicted octanol–water partition coefficient (Wildman–Crippen LogP) is 3.90. The first-order valence-electron chi connectivity index (χ1n) is 6.77. The zero-order valence-corrected chi connectivity index (χ0v) is 12.2. The summed E-state index contributed by atoms with van der Waals surface area (Å²) in [6.07, 6.45) is 1.44. The molecule has 2 aromatic carbocycles. The number of nitrogens with one attached hydrogen (secondary N) is 1. The summed E-state index contributed by atoms with van der Waals surface area (Å²) in [6.45, 7) is 4.03. The number of aryl methyl sites for hydroxylation is 2. The minimum atomic E-state index is -0.424. The van der Waals surface area contributed by atoms with Gasteiger partial charge in [-0.1, -0.05) is 6.07 Å². The van der Waals surface area contributed by atoms with Crippen molar-refractivity contribution < 1.29 is 4.92 Å². The number of nitro benzene ring substituents is 1. The summed E-state index contributed by atoms with van der Waals surface area (Å²) < 4.78 is 0. The molecule has 3 aromatic rings. The van der Waals surface area contributed by atoms with E-state index in [1.807, 2.05) is 26.0 Å². The number of benzene rings is 2. The average molecular weight is 294 g/mol. The fourth-order valence-electron chi connectivity index (χ4n) is 2.44. The van der Waals surface area contributed by atoms with Crippen LogP contribution in [0, 0.1) is 24.0 Å². The Morgan fingerprint density at radius 2 is 1.77 bits per heavy atom. The highest BCUT2D eigenvalue weighted by atomic mass is 16.6. The van der Waals surface area contributed by atoms with Crippen LogP contribution in [0.4, 0.5) is 17.2 Å². The van der Waals surface area contributed by atoms with Gasteiger partial charge >= 0.3 is 0 Å². The van der Waals surface area contributed by atoms with Gasteiger partial charge in [0.25, 0.3) is 5.69 Å². The molecule has 0 bridgehead atoms. The first kappa shape index (κ1) is 13.9. The third-order valence-electron chi connectivity index (χ3n) is 3.31. The number of rotatable bonds is 3. The van der Waals surface area contributed by atoms with Crippen LogP contribution in [-0.2, 0) is 0 Å². The fraction of sp³-hybridized carbons (Fsp3) is 0.125. The van der Waals surface area contributed by atoms with Crippen LogP contribution in [0.1, 0.15) is 11.1 Å². The zero-order chi connectivity index (χ0) is 15.7. The molecule has 0 aliphatic rings. The largest absolute Gasteiger partial charge is 0.340 e. The molecule has 3 rings (SSSR count). The van der Waals surface area contributed by atoms with Crippen molar-refractivity contribution >= 4 is 28.1 Å². The number of hydrogen-bond donors (Lipinski definition) is 1. The number of nitro groups is 1. The van der Waals surface area contributed by atoms with Gasteiger partial charge in [0.2, 0.25) is 0 Å². The molecule has 0 unspecified atom stereocenters. The van der Waals surface area contributed by atoms with Crippen LogP contribution >= 0.6 is 0 Å². The van der Waals surface area contributed by atoms with Gasteiger partial charge in [-0.05, 0) is 43.2 Å². The van der Waals surface area contributed by atoms with Crippen molar-refractivity contribution in [3.05, 3.63) is 64.0 Å². The van der Waals surface area contributed by atoms with Gasteiger partial charge in [0.05, 0.1) is 10.4 Å². The van der Waals surface area contributed by atoms with Crippen LogP contribution in [0.5, 0.6) is 0 Å². The number of aromatic nitrogens is 2. The van der Waals surface area contributed by atoms with Crippen molar-refractivity contribution in [3.63, 3.8) is 0 Å². The van der Waals surface area contributed by atoms with Crippen LogP contribution in [-0.4, -0.2) is 14.9 Å². The van der Waals surface area contributed by atoms with Crippen LogP contribution < -0.4 is 5.32 Å². The normalized spacial score (nSPS) is 10.6. The summed E-state index contributed by atoms with van der Waals surface area (Å²) in [7, 11) is 0. The Hall–Kier alpha value is -3.02. The van der Waals surface area contributed by atoms with Crippen LogP contribution in [0.25, 0.3) is 10.9 Å². The molecule has 1 aromatic heterocycles. The lowest BCUT2D eigenvalue weighted by Crippen LogP contribution is -1.97. The van der Waals surface area contributed by atoms with E-state index in [0.29, 0.717) is 16.7 Å². The second-order valence-corrected chi connectivity index (χ2v) is 5.18. The van der Waals surface area contributed by atoms with E-state index in [4.69, 9.17) is 0 Å². The molecule has 110 valence electrons. The van der Waals surface area contributed by atoms with Crippen molar-refractivity contribution in [1.82, 2.24) is 9.97 Å². The van der Waals surface area contributed by atoms with E-state index in [2.05, 4.69) is 21.4 Å². The molecule has 6 nitrogen and oxygen atoms in total. The highest BCUT2D eigenvalue weighted by molar-refractivity contribution is 5.92. The Labute approximate surface area is 127 Å². The van der Waals surface area contributed by atoms with Crippen molar-refractivity contribution in [3.8, 4) is 0 Å². The Balaban J connectivity index is 2.09. The minimum absolute atomic E-state index is 0.0192. The Kier molecular flexibility index (Phi) is 3.42. The van der Waals surface area contributed by atoms with E-state index in [1.165, 1.54) is 18.5 Å². The molecule has 0 aliphatic heterocycles. The van der Waals surface area contributed by atoms with E-state index < -0.39 is 4.92 Å². The van der Waals surface area contributed by atoms with Crippen molar-refractivity contribution in [2.24, 2.45) is 0 Å². The smallest absolute Gasteiger partial charge is 0.270 e. The minimum Gasteiger partial charge on any atom is -0.340 e. The van der Waals surface area contributed by atoms with E-state index in [1.54, 1.807) is 6.07 Å². The van der Waals surface area contributed by atoms with E-state index in [-0.39, 0.29) is 5.69 Å². The van der Waals surface area contributed by atoms with Crippen molar-refractivity contribution in [2.45, 2.75) is 13.8 Å². The Morgan fingerprint density at radius 1 is 1.05 bits per heavy atom. The number of anilines is 2. The molecule has 22 heavy (non-hydrogen) atoms. The van der Waals surface area contributed by atoms with Crippen molar-refractivity contribution in [1.29, 1.82) is 0 Å². The number of hydrogen-bond acceptors (Lipinski definition) is 5.